The third-order valence-corrected chi connectivity index (χ3v) is 4.48. The summed E-state index contributed by atoms with van der Waals surface area (Å²) in [5, 5.41) is 2.66. The molecule has 1 aliphatic carbocycles. The van der Waals surface area contributed by atoms with Gasteiger partial charge in [0, 0.05) is 8.07 Å². The van der Waals surface area contributed by atoms with Crippen molar-refractivity contribution in [3.05, 3.63) is 66.3 Å². The Morgan fingerprint density at radius 1 is 1.09 bits per heavy atom. The van der Waals surface area contributed by atoms with E-state index in [-0.39, 0.29) is 50.7 Å². The van der Waals surface area contributed by atoms with Crippen LogP contribution in [0.1, 0.15) is 6.42 Å². The van der Waals surface area contributed by atoms with Crippen LogP contribution in [0.4, 0.5) is 0 Å². The quantitative estimate of drug-likeness (QED) is 0.377. The summed E-state index contributed by atoms with van der Waals surface area (Å²) in [6, 6.07) is 16.0. The van der Waals surface area contributed by atoms with Crippen molar-refractivity contribution in [3.8, 4) is 0 Å². The van der Waals surface area contributed by atoms with Crippen molar-refractivity contribution in [2.45, 2.75) is 32.1 Å². The third kappa shape index (κ3) is 8.57. The molecule has 0 aliphatic heterocycles. The summed E-state index contributed by atoms with van der Waals surface area (Å²) >= 11 is 0. The van der Waals surface area contributed by atoms with Crippen LogP contribution in [0.25, 0.3) is 10.8 Å². The molecule has 0 aromatic heterocycles. The number of hydrogen-bond donors (Lipinski definition) is 0. The van der Waals surface area contributed by atoms with Crippen LogP contribution < -0.4 is 24.8 Å². The van der Waals surface area contributed by atoms with Gasteiger partial charge in [0.15, 0.2) is 0 Å². The van der Waals surface area contributed by atoms with Gasteiger partial charge in [-0.3, -0.25) is 6.08 Å². The summed E-state index contributed by atoms with van der Waals surface area (Å²) < 4.78 is 0. The molecule has 0 N–H and O–H groups in total. The van der Waals surface area contributed by atoms with Gasteiger partial charge >= 0.3 is 25.8 Å². The van der Waals surface area contributed by atoms with Crippen LogP contribution in [0.15, 0.2) is 60.2 Å². The third-order valence-electron chi connectivity index (χ3n) is 3.03. The summed E-state index contributed by atoms with van der Waals surface area (Å²) in [6.45, 7) is 7.19. The average molecular weight is 516 g/mol. The summed E-state index contributed by atoms with van der Waals surface area (Å²) in [5.41, 5.74) is 1.44. The number of benzene rings is 1. The molecule has 0 atom stereocenters. The van der Waals surface area contributed by atoms with E-state index in [2.05, 4.69) is 80.3 Å². The van der Waals surface area contributed by atoms with Gasteiger partial charge in [-0.2, -0.15) is 23.6 Å². The van der Waals surface area contributed by atoms with E-state index in [1.54, 1.807) is 0 Å². The second kappa shape index (κ2) is 11.5. The fourth-order valence-electron chi connectivity index (χ4n) is 2.21. The van der Waals surface area contributed by atoms with Crippen molar-refractivity contribution in [1.82, 2.24) is 0 Å². The topological polar surface area (TPSA) is 0 Å². The van der Waals surface area contributed by atoms with Gasteiger partial charge in [0.1, 0.15) is 0 Å². The summed E-state index contributed by atoms with van der Waals surface area (Å²) in [4.78, 5) is 0. The number of allylic oxidation sites excluding steroid dienone is 4. The van der Waals surface area contributed by atoms with E-state index in [4.69, 9.17) is 0 Å². The molecule has 3 rings (SSSR count). The predicted octanol–water partition coefficient (Wildman–Crippen LogP) is -0.422. The molecule has 22 heavy (non-hydrogen) atoms. The molecule has 1 aliphatic rings. The molecule has 0 spiro atoms. The maximum Gasteiger partial charge on any atom is 4.00 e. The summed E-state index contributed by atoms with van der Waals surface area (Å²) in [5.74, 6) is 0. The summed E-state index contributed by atoms with van der Waals surface area (Å²) in [6.07, 6.45) is 8.81. The zero-order chi connectivity index (χ0) is 13.7. The van der Waals surface area contributed by atoms with Gasteiger partial charge in [-0.05, 0) is 0 Å². The van der Waals surface area contributed by atoms with Crippen LogP contribution in [0.3, 0.4) is 0 Å². The van der Waals surface area contributed by atoms with Crippen molar-refractivity contribution in [1.29, 1.82) is 0 Å². The Morgan fingerprint density at radius 3 is 2.32 bits per heavy atom. The molecular formula is C18H22Cl2HfSi. The fourth-order valence-corrected chi connectivity index (χ4v) is 3.60. The molecule has 0 amide bonds. The minimum Gasteiger partial charge on any atom is -1.00 e. The van der Waals surface area contributed by atoms with Gasteiger partial charge in [-0.15, -0.1) is 36.1 Å². The van der Waals surface area contributed by atoms with Gasteiger partial charge in [-0.1, -0.05) is 31.8 Å². The van der Waals surface area contributed by atoms with E-state index in [1.807, 2.05) is 0 Å². The number of fused-ring (bicyclic) bond motifs is 1. The second-order valence-electron chi connectivity index (χ2n) is 6.20. The van der Waals surface area contributed by atoms with Crippen molar-refractivity contribution in [2.75, 3.05) is 0 Å². The molecule has 0 heterocycles. The van der Waals surface area contributed by atoms with Crippen molar-refractivity contribution >= 4 is 18.8 Å². The number of rotatable bonds is 2. The molecule has 4 heteroatoms. The molecule has 116 valence electrons. The van der Waals surface area contributed by atoms with Crippen LogP contribution >= 0.6 is 0 Å². The zero-order valence-electron chi connectivity index (χ0n) is 13.4. The van der Waals surface area contributed by atoms with Crippen LogP contribution in [0, 0.1) is 6.08 Å². The van der Waals surface area contributed by atoms with Gasteiger partial charge in [-0.25, -0.2) is 11.6 Å². The Kier molecular flexibility index (Phi) is 12.7. The Hall–Kier alpha value is -0.0230. The molecule has 0 saturated carbocycles. The van der Waals surface area contributed by atoms with E-state index >= 15 is 0 Å². The van der Waals surface area contributed by atoms with E-state index < -0.39 is 8.07 Å². The molecule has 0 nitrogen and oxygen atoms in total. The van der Waals surface area contributed by atoms with E-state index in [9.17, 15) is 0 Å². The smallest absolute Gasteiger partial charge is 1.00 e. The van der Waals surface area contributed by atoms with Crippen LogP contribution in [0.5, 0.6) is 0 Å². The second-order valence-corrected chi connectivity index (χ2v) is 11.7. The first-order valence-electron chi connectivity index (χ1n) is 6.91. The van der Waals surface area contributed by atoms with Crippen LogP contribution in [-0.4, -0.2) is 8.07 Å². The predicted molar refractivity (Wildman–Crippen MR) is 88.2 cm³/mol. The average Bonchev–Trinajstić information content (AvgIpc) is 2.97. The Morgan fingerprint density at radius 2 is 1.77 bits per heavy atom. The molecule has 0 radical (unpaired) electrons. The van der Waals surface area contributed by atoms with Crippen molar-refractivity contribution in [2.24, 2.45) is 0 Å². The first-order valence-corrected chi connectivity index (χ1v) is 10.6. The Balaban J connectivity index is 0. The minimum absolute atomic E-state index is 0. The normalized spacial score (nSPS) is 12.2. The fraction of sp³-hybridized carbons (Fsp3) is 0.278. The van der Waals surface area contributed by atoms with Crippen molar-refractivity contribution < 1.29 is 50.7 Å². The molecule has 2 aromatic carbocycles. The Bertz CT molecular complexity index is 564. The maximum absolute atomic E-state index is 3.35. The van der Waals surface area contributed by atoms with Crippen LogP contribution in [-0.2, 0) is 25.8 Å². The molecule has 0 bridgehead atoms. The Labute approximate surface area is 167 Å². The first kappa shape index (κ1) is 24.2. The molecular weight excluding hydrogens is 494 g/mol. The standard InChI is InChI=1S/C9H15Si.C9H7.2ClH.Hf/c1-10(2,3)8-9-6-4-5-7-9;1-2-5-9-7-3-6-8(9)4-1;;;/h4,6H,5,8H2,1-3H3;1-7H;2*1H;/q2*-1;;;+4/p-2. The van der Waals surface area contributed by atoms with E-state index in [0.29, 0.717) is 0 Å². The first-order chi connectivity index (χ1) is 9.04. The largest absolute Gasteiger partial charge is 4.00 e. The molecule has 0 fully saturated rings. The van der Waals surface area contributed by atoms with Gasteiger partial charge < -0.3 is 24.8 Å². The minimum atomic E-state index is -0.873. The van der Waals surface area contributed by atoms with Gasteiger partial charge in [0.25, 0.3) is 0 Å². The summed E-state index contributed by atoms with van der Waals surface area (Å²) in [7, 11) is -0.873. The SMILES string of the molecule is C[Si](C)(C)CC1=[C-]CC=C1.[Cl-].[Cl-].[Hf+4].c1ccc2[cH-]ccc2c1. The number of halogens is 2. The molecule has 0 saturated heterocycles. The van der Waals surface area contributed by atoms with E-state index in [0.717, 1.165) is 6.42 Å². The molecule has 2 aromatic rings. The monoisotopic (exact) mass is 516 g/mol. The van der Waals surface area contributed by atoms with Gasteiger partial charge in [0.05, 0.1) is 0 Å². The van der Waals surface area contributed by atoms with Gasteiger partial charge in [0.2, 0.25) is 0 Å². The van der Waals surface area contributed by atoms with Crippen LogP contribution in [0.2, 0.25) is 25.7 Å². The van der Waals surface area contributed by atoms with E-state index in [1.165, 1.54) is 22.4 Å². The molecule has 0 unspecified atom stereocenters. The number of hydrogen-bond acceptors (Lipinski definition) is 0. The van der Waals surface area contributed by atoms with Crippen molar-refractivity contribution in [3.63, 3.8) is 0 Å². The maximum atomic E-state index is 3.35. The zero-order valence-corrected chi connectivity index (χ0v) is 19.5.